The molecule has 1 aliphatic carbocycles. The van der Waals surface area contributed by atoms with E-state index < -0.39 is 0 Å². The summed E-state index contributed by atoms with van der Waals surface area (Å²) in [7, 11) is 0. The quantitative estimate of drug-likeness (QED) is 0.711. The lowest BCUT2D eigenvalue weighted by Gasteiger charge is -2.27. The standard InChI is InChI=1S/C11H18N4O/c12-10-6-15-11(7-13-10)14-5-8-3-1-2-4-9(8)16/h6-9,16H,1-5H2,(H2,12,13)(H,14,15). The third kappa shape index (κ3) is 2.82. The second kappa shape index (κ2) is 5.12. The summed E-state index contributed by atoms with van der Waals surface area (Å²) in [6.45, 7) is 0.750. The first-order valence-electron chi connectivity index (χ1n) is 5.75. The third-order valence-corrected chi connectivity index (χ3v) is 3.09. The second-order valence-corrected chi connectivity index (χ2v) is 4.32. The molecular weight excluding hydrogens is 204 g/mol. The summed E-state index contributed by atoms with van der Waals surface area (Å²) in [4.78, 5) is 8.06. The van der Waals surface area contributed by atoms with Gasteiger partial charge in [0.05, 0.1) is 18.5 Å². The number of anilines is 2. The predicted octanol–water partition coefficient (Wildman–Crippen LogP) is 1.02. The summed E-state index contributed by atoms with van der Waals surface area (Å²) in [6.07, 6.45) is 7.31. The van der Waals surface area contributed by atoms with Crippen molar-refractivity contribution < 1.29 is 5.11 Å². The fraction of sp³-hybridized carbons (Fsp3) is 0.636. The second-order valence-electron chi connectivity index (χ2n) is 4.32. The maximum absolute atomic E-state index is 9.80. The van der Waals surface area contributed by atoms with Gasteiger partial charge < -0.3 is 16.2 Å². The van der Waals surface area contributed by atoms with Crippen LogP contribution in [0.25, 0.3) is 0 Å². The number of nitrogens with one attached hydrogen (secondary N) is 1. The minimum absolute atomic E-state index is 0.178. The molecule has 88 valence electrons. The number of aliphatic hydroxyl groups is 1. The Hall–Kier alpha value is -1.36. The first kappa shape index (κ1) is 11.1. The Morgan fingerprint density at radius 1 is 1.31 bits per heavy atom. The zero-order chi connectivity index (χ0) is 11.4. The lowest BCUT2D eigenvalue weighted by molar-refractivity contribution is 0.0763. The van der Waals surface area contributed by atoms with Crippen molar-refractivity contribution in [2.45, 2.75) is 31.8 Å². The van der Waals surface area contributed by atoms with Crippen molar-refractivity contribution in [1.82, 2.24) is 9.97 Å². The Bertz CT molecular complexity index is 327. The third-order valence-electron chi connectivity index (χ3n) is 3.09. The van der Waals surface area contributed by atoms with E-state index in [2.05, 4.69) is 15.3 Å². The smallest absolute Gasteiger partial charge is 0.144 e. The SMILES string of the molecule is Nc1cnc(NCC2CCCCC2O)cn1. The number of nitrogen functional groups attached to an aromatic ring is 1. The van der Waals surface area contributed by atoms with Gasteiger partial charge in [-0.15, -0.1) is 0 Å². The van der Waals surface area contributed by atoms with Crippen LogP contribution in [0, 0.1) is 5.92 Å². The number of hydrogen-bond donors (Lipinski definition) is 3. The van der Waals surface area contributed by atoms with E-state index in [0.717, 1.165) is 25.8 Å². The van der Waals surface area contributed by atoms with E-state index in [1.165, 1.54) is 12.6 Å². The molecule has 4 N–H and O–H groups in total. The molecule has 1 saturated carbocycles. The van der Waals surface area contributed by atoms with Crippen molar-refractivity contribution in [3.8, 4) is 0 Å². The molecule has 0 amide bonds. The molecule has 5 nitrogen and oxygen atoms in total. The molecular formula is C11H18N4O. The lowest BCUT2D eigenvalue weighted by Crippen LogP contribution is -2.30. The number of hydrogen-bond acceptors (Lipinski definition) is 5. The molecule has 0 aromatic carbocycles. The van der Waals surface area contributed by atoms with Crippen LogP contribution in [0.5, 0.6) is 0 Å². The highest BCUT2D eigenvalue weighted by Crippen LogP contribution is 2.24. The highest BCUT2D eigenvalue weighted by molar-refractivity contribution is 5.35. The minimum Gasteiger partial charge on any atom is -0.393 e. The van der Waals surface area contributed by atoms with Gasteiger partial charge in [0.15, 0.2) is 0 Å². The average Bonchev–Trinajstić information content (AvgIpc) is 2.30. The van der Waals surface area contributed by atoms with Crippen LogP contribution in [-0.4, -0.2) is 27.7 Å². The molecule has 1 aromatic rings. The molecule has 2 unspecified atom stereocenters. The molecule has 2 rings (SSSR count). The average molecular weight is 222 g/mol. The molecule has 5 heteroatoms. The Balaban J connectivity index is 1.84. The summed E-state index contributed by atoms with van der Waals surface area (Å²) >= 11 is 0. The van der Waals surface area contributed by atoms with Gasteiger partial charge in [-0.1, -0.05) is 12.8 Å². The molecule has 1 aromatic heterocycles. The Morgan fingerprint density at radius 2 is 2.12 bits per heavy atom. The van der Waals surface area contributed by atoms with Gasteiger partial charge >= 0.3 is 0 Å². The Morgan fingerprint density at radius 3 is 2.81 bits per heavy atom. The van der Waals surface area contributed by atoms with Crippen LogP contribution in [0.4, 0.5) is 11.6 Å². The van der Waals surface area contributed by atoms with E-state index in [1.54, 1.807) is 6.20 Å². The van der Waals surface area contributed by atoms with Gasteiger partial charge in [0.2, 0.25) is 0 Å². The van der Waals surface area contributed by atoms with Gasteiger partial charge in [-0.05, 0) is 12.8 Å². The number of rotatable bonds is 3. The summed E-state index contributed by atoms with van der Waals surface area (Å²) in [5, 5.41) is 13.0. The normalized spacial score (nSPS) is 25.3. The zero-order valence-electron chi connectivity index (χ0n) is 9.26. The van der Waals surface area contributed by atoms with Crippen LogP contribution in [0.2, 0.25) is 0 Å². The Labute approximate surface area is 95.1 Å². The fourth-order valence-corrected chi connectivity index (χ4v) is 2.09. The molecule has 0 spiro atoms. The summed E-state index contributed by atoms with van der Waals surface area (Å²) in [5.74, 6) is 1.46. The molecule has 1 fully saturated rings. The van der Waals surface area contributed by atoms with Crippen molar-refractivity contribution in [2.24, 2.45) is 5.92 Å². The van der Waals surface area contributed by atoms with Gasteiger partial charge in [0.25, 0.3) is 0 Å². The molecule has 16 heavy (non-hydrogen) atoms. The van der Waals surface area contributed by atoms with Crippen LogP contribution >= 0.6 is 0 Å². The fourth-order valence-electron chi connectivity index (χ4n) is 2.09. The maximum atomic E-state index is 9.80. The van der Waals surface area contributed by atoms with E-state index in [0.29, 0.717) is 17.6 Å². The van der Waals surface area contributed by atoms with E-state index in [-0.39, 0.29) is 6.10 Å². The van der Waals surface area contributed by atoms with E-state index >= 15 is 0 Å². The minimum atomic E-state index is -0.178. The number of nitrogens with two attached hydrogens (primary N) is 1. The molecule has 0 radical (unpaired) electrons. The number of aliphatic hydroxyl groups excluding tert-OH is 1. The van der Waals surface area contributed by atoms with Gasteiger partial charge in [-0.3, -0.25) is 0 Å². The molecule has 1 aliphatic rings. The lowest BCUT2D eigenvalue weighted by atomic mass is 9.86. The van der Waals surface area contributed by atoms with E-state index in [4.69, 9.17) is 5.73 Å². The number of aromatic nitrogens is 2. The largest absolute Gasteiger partial charge is 0.393 e. The van der Waals surface area contributed by atoms with Crippen LogP contribution in [0.1, 0.15) is 25.7 Å². The highest BCUT2D eigenvalue weighted by atomic mass is 16.3. The summed E-state index contributed by atoms with van der Waals surface area (Å²) < 4.78 is 0. The van der Waals surface area contributed by atoms with Gasteiger partial charge in [-0.25, -0.2) is 9.97 Å². The number of nitrogens with zero attached hydrogens (tertiary/aromatic N) is 2. The summed E-state index contributed by atoms with van der Waals surface area (Å²) in [6, 6.07) is 0. The topological polar surface area (TPSA) is 84.1 Å². The molecule has 1 heterocycles. The van der Waals surface area contributed by atoms with E-state index in [1.807, 2.05) is 0 Å². The first-order chi connectivity index (χ1) is 7.75. The van der Waals surface area contributed by atoms with Crippen molar-refractivity contribution >= 4 is 11.6 Å². The van der Waals surface area contributed by atoms with Crippen LogP contribution in [0.15, 0.2) is 12.4 Å². The zero-order valence-corrected chi connectivity index (χ0v) is 9.26. The van der Waals surface area contributed by atoms with Gasteiger partial charge in [0.1, 0.15) is 11.6 Å². The maximum Gasteiger partial charge on any atom is 0.144 e. The van der Waals surface area contributed by atoms with Crippen LogP contribution < -0.4 is 11.1 Å². The summed E-state index contributed by atoms with van der Waals surface area (Å²) in [5.41, 5.74) is 5.45. The predicted molar refractivity (Wildman–Crippen MR) is 62.9 cm³/mol. The Kier molecular flexibility index (Phi) is 3.56. The molecule has 2 atom stereocenters. The van der Waals surface area contributed by atoms with Crippen molar-refractivity contribution in [2.75, 3.05) is 17.6 Å². The highest BCUT2D eigenvalue weighted by Gasteiger charge is 2.22. The van der Waals surface area contributed by atoms with Gasteiger partial charge in [-0.2, -0.15) is 0 Å². The molecule has 0 saturated heterocycles. The van der Waals surface area contributed by atoms with Crippen LogP contribution in [0.3, 0.4) is 0 Å². The van der Waals surface area contributed by atoms with Crippen molar-refractivity contribution in [3.05, 3.63) is 12.4 Å². The molecule has 0 bridgehead atoms. The van der Waals surface area contributed by atoms with E-state index in [9.17, 15) is 5.11 Å². The monoisotopic (exact) mass is 222 g/mol. The first-order valence-corrected chi connectivity index (χ1v) is 5.75. The van der Waals surface area contributed by atoms with Crippen LogP contribution in [-0.2, 0) is 0 Å². The van der Waals surface area contributed by atoms with Crippen molar-refractivity contribution in [3.63, 3.8) is 0 Å². The van der Waals surface area contributed by atoms with Gasteiger partial charge in [0, 0.05) is 12.5 Å². The molecule has 0 aliphatic heterocycles. The van der Waals surface area contributed by atoms with Crippen molar-refractivity contribution in [1.29, 1.82) is 0 Å².